The Bertz CT molecular complexity index is 1150. The van der Waals surface area contributed by atoms with Gasteiger partial charge in [-0.25, -0.2) is 14.3 Å². The van der Waals surface area contributed by atoms with E-state index in [1.807, 2.05) is 48.0 Å². The molecule has 160 valence electrons. The number of fused-ring (bicyclic) bond motifs is 1. The van der Waals surface area contributed by atoms with E-state index >= 15 is 0 Å². The van der Waals surface area contributed by atoms with Crippen LogP contribution in [0.1, 0.15) is 71.8 Å². The number of nitrogens with two attached hydrogens (primary N) is 1. The number of primary amides is 1. The summed E-state index contributed by atoms with van der Waals surface area (Å²) in [5, 5.41) is 9.10. The van der Waals surface area contributed by atoms with E-state index < -0.39 is 11.8 Å². The lowest BCUT2D eigenvalue weighted by Crippen LogP contribution is -2.32. The molecule has 0 bridgehead atoms. The third-order valence-electron chi connectivity index (χ3n) is 6.21. The van der Waals surface area contributed by atoms with Crippen LogP contribution in [0.5, 0.6) is 0 Å². The molecular weight excluding hydrogens is 394 g/mol. The zero-order chi connectivity index (χ0) is 21.7. The number of likely N-dealkylation sites (N-methyl/N-ethyl adjacent to an activating group) is 1. The maximum absolute atomic E-state index is 13.5. The average Bonchev–Trinajstić information content (AvgIpc) is 3.41. The van der Waals surface area contributed by atoms with Gasteiger partial charge in [0.15, 0.2) is 0 Å². The molecule has 0 spiro atoms. The molecule has 9 nitrogen and oxygen atoms in total. The van der Waals surface area contributed by atoms with Crippen LogP contribution in [0.25, 0.3) is 0 Å². The van der Waals surface area contributed by atoms with E-state index in [0.29, 0.717) is 24.7 Å². The molecule has 0 radical (unpaired) electrons. The lowest BCUT2D eigenvalue weighted by atomic mass is 10.0. The Morgan fingerprint density at radius 2 is 1.90 bits per heavy atom. The van der Waals surface area contributed by atoms with E-state index in [-0.39, 0.29) is 17.8 Å². The van der Waals surface area contributed by atoms with Gasteiger partial charge in [0.05, 0.1) is 17.7 Å². The summed E-state index contributed by atoms with van der Waals surface area (Å²) in [6.45, 7) is 2.55. The number of hydrogen-bond donors (Lipinski definition) is 1. The normalized spacial score (nSPS) is 19.7. The highest BCUT2D eigenvalue weighted by molar-refractivity contribution is 5.97. The van der Waals surface area contributed by atoms with Gasteiger partial charge in [0.1, 0.15) is 11.6 Å². The fourth-order valence-corrected chi connectivity index (χ4v) is 4.24. The number of benzene rings is 1. The fraction of sp³-hybridized carbons (Fsp3) is 0.409. The van der Waals surface area contributed by atoms with Gasteiger partial charge in [-0.05, 0) is 31.7 Å². The predicted octanol–water partition coefficient (Wildman–Crippen LogP) is 2.21. The first kappa shape index (κ1) is 19.5. The SMILES string of the molecule is CC(c1ccccc1)n1nc(C(N)=O)nc1[C@@H]1CCn2nc(C3CC3)cc2N(C)C1=O. The number of anilines is 1. The van der Waals surface area contributed by atoms with E-state index in [4.69, 9.17) is 10.8 Å². The molecule has 2 amide bonds. The van der Waals surface area contributed by atoms with Crippen LogP contribution < -0.4 is 10.6 Å². The molecular formula is C22H25N7O2. The average molecular weight is 419 g/mol. The van der Waals surface area contributed by atoms with Crippen molar-refractivity contribution in [2.45, 2.75) is 50.6 Å². The minimum absolute atomic E-state index is 0.0776. The van der Waals surface area contributed by atoms with Crippen molar-refractivity contribution in [1.82, 2.24) is 24.5 Å². The van der Waals surface area contributed by atoms with Gasteiger partial charge in [0.2, 0.25) is 11.7 Å². The van der Waals surface area contributed by atoms with Gasteiger partial charge in [-0.15, -0.1) is 5.10 Å². The van der Waals surface area contributed by atoms with E-state index in [1.54, 1.807) is 16.6 Å². The van der Waals surface area contributed by atoms with Crippen molar-refractivity contribution in [2.75, 3.05) is 11.9 Å². The van der Waals surface area contributed by atoms with Crippen molar-refractivity contribution in [2.24, 2.45) is 5.73 Å². The number of hydrogen-bond acceptors (Lipinski definition) is 5. The molecule has 0 saturated heterocycles. The van der Waals surface area contributed by atoms with E-state index in [9.17, 15) is 9.59 Å². The standard InChI is InChI=1S/C22H25N7O2/c1-13(14-6-4-3-5-7-14)29-21(24-20(26-29)19(23)30)16-10-11-28-18(27(2)22(16)31)12-17(25-28)15-8-9-15/h3-7,12-13,15-16H,8-11H2,1-2H3,(H2,23,30)/t13?,16-/m0/s1. The van der Waals surface area contributed by atoms with Gasteiger partial charge in [0.25, 0.3) is 5.91 Å². The Morgan fingerprint density at radius 3 is 2.58 bits per heavy atom. The minimum atomic E-state index is -0.711. The molecule has 2 aliphatic rings. The summed E-state index contributed by atoms with van der Waals surface area (Å²) in [7, 11) is 1.77. The summed E-state index contributed by atoms with van der Waals surface area (Å²) < 4.78 is 3.57. The Morgan fingerprint density at radius 1 is 1.16 bits per heavy atom. The summed E-state index contributed by atoms with van der Waals surface area (Å²) in [6, 6.07) is 11.6. The first-order valence-electron chi connectivity index (χ1n) is 10.6. The molecule has 31 heavy (non-hydrogen) atoms. The number of amides is 2. The summed E-state index contributed by atoms with van der Waals surface area (Å²) >= 11 is 0. The highest BCUT2D eigenvalue weighted by Crippen LogP contribution is 2.41. The molecule has 9 heteroatoms. The first-order chi connectivity index (χ1) is 14.9. The van der Waals surface area contributed by atoms with Gasteiger partial charge in [0, 0.05) is 25.6 Å². The summed E-state index contributed by atoms with van der Waals surface area (Å²) in [5.74, 6) is 0.338. The summed E-state index contributed by atoms with van der Waals surface area (Å²) in [6.07, 6.45) is 2.83. The smallest absolute Gasteiger partial charge is 0.288 e. The zero-order valence-corrected chi connectivity index (χ0v) is 17.6. The molecule has 1 aliphatic carbocycles. The van der Waals surface area contributed by atoms with Gasteiger partial charge in [-0.2, -0.15) is 5.10 Å². The largest absolute Gasteiger partial charge is 0.363 e. The van der Waals surface area contributed by atoms with E-state index in [1.165, 1.54) is 0 Å². The van der Waals surface area contributed by atoms with Crippen molar-refractivity contribution >= 4 is 17.6 Å². The van der Waals surface area contributed by atoms with Gasteiger partial charge >= 0.3 is 0 Å². The predicted molar refractivity (Wildman–Crippen MR) is 114 cm³/mol. The third-order valence-corrected chi connectivity index (χ3v) is 6.21. The number of aromatic nitrogens is 5. The number of aryl methyl sites for hydroxylation is 1. The lowest BCUT2D eigenvalue weighted by molar-refractivity contribution is -0.120. The van der Waals surface area contributed by atoms with Crippen molar-refractivity contribution in [3.63, 3.8) is 0 Å². The highest BCUT2D eigenvalue weighted by atomic mass is 16.2. The fourth-order valence-electron chi connectivity index (χ4n) is 4.24. The highest BCUT2D eigenvalue weighted by Gasteiger charge is 2.37. The molecule has 3 aromatic rings. The van der Waals surface area contributed by atoms with Crippen LogP contribution in [0.2, 0.25) is 0 Å². The molecule has 3 heterocycles. The molecule has 1 unspecified atom stereocenters. The van der Waals surface area contributed by atoms with Crippen LogP contribution in [0.15, 0.2) is 36.4 Å². The van der Waals surface area contributed by atoms with Crippen molar-refractivity contribution in [1.29, 1.82) is 0 Å². The summed E-state index contributed by atoms with van der Waals surface area (Å²) in [5.41, 5.74) is 7.53. The molecule has 2 N–H and O–H groups in total. The quantitative estimate of drug-likeness (QED) is 0.681. The van der Waals surface area contributed by atoms with Crippen LogP contribution >= 0.6 is 0 Å². The maximum Gasteiger partial charge on any atom is 0.288 e. The molecule has 1 fully saturated rings. The second-order valence-corrected chi connectivity index (χ2v) is 8.35. The minimum Gasteiger partial charge on any atom is -0.363 e. The van der Waals surface area contributed by atoms with Crippen LogP contribution in [0, 0.1) is 0 Å². The lowest BCUT2D eigenvalue weighted by Gasteiger charge is -2.21. The Kier molecular flexibility index (Phi) is 4.60. The molecule has 5 rings (SSSR count). The topological polar surface area (TPSA) is 112 Å². The van der Waals surface area contributed by atoms with E-state index in [0.717, 1.165) is 29.9 Å². The van der Waals surface area contributed by atoms with Crippen molar-refractivity contribution in [3.05, 3.63) is 59.3 Å². The van der Waals surface area contributed by atoms with Gasteiger partial charge in [-0.3, -0.25) is 14.5 Å². The van der Waals surface area contributed by atoms with Crippen molar-refractivity contribution in [3.8, 4) is 0 Å². The maximum atomic E-state index is 13.5. The Hall–Kier alpha value is -3.49. The monoisotopic (exact) mass is 419 g/mol. The van der Waals surface area contributed by atoms with Crippen LogP contribution in [-0.4, -0.2) is 43.4 Å². The number of rotatable bonds is 5. The molecule has 2 aromatic heterocycles. The molecule has 1 aliphatic heterocycles. The second-order valence-electron chi connectivity index (χ2n) is 8.35. The molecule has 1 aromatic carbocycles. The second kappa shape index (κ2) is 7.33. The molecule has 1 saturated carbocycles. The van der Waals surface area contributed by atoms with E-state index in [2.05, 4.69) is 10.1 Å². The molecule has 2 atom stereocenters. The third kappa shape index (κ3) is 3.39. The van der Waals surface area contributed by atoms with Crippen molar-refractivity contribution < 1.29 is 9.59 Å². The first-order valence-corrected chi connectivity index (χ1v) is 10.6. The van der Waals surface area contributed by atoms with Gasteiger partial charge < -0.3 is 5.73 Å². The Labute approximate surface area is 179 Å². The number of carbonyl (C=O) groups excluding carboxylic acids is 2. The zero-order valence-electron chi connectivity index (χ0n) is 17.6. The Balaban J connectivity index is 1.52. The number of nitrogens with zero attached hydrogens (tertiary/aromatic N) is 6. The number of carbonyl (C=O) groups is 2. The van der Waals surface area contributed by atoms with Gasteiger partial charge in [-0.1, -0.05) is 30.3 Å². The van der Waals surface area contributed by atoms with Crippen LogP contribution in [-0.2, 0) is 11.3 Å². The summed E-state index contributed by atoms with van der Waals surface area (Å²) in [4.78, 5) is 31.4. The van der Waals surface area contributed by atoms with Crippen LogP contribution in [0.3, 0.4) is 0 Å². The van der Waals surface area contributed by atoms with Crippen LogP contribution in [0.4, 0.5) is 5.82 Å².